The van der Waals surface area contributed by atoms with Crippen molar-refractivity contribution >= 4 is 27.3 Å². The smallest absolute Gasteiger partial charge is 0.313 e. The molecular formula is C21H21NO5S2. The molecule has 0 saturated heterocycles. The number of rotatable bonds is 8. The summed E-state index contributed by atoms with van der Waals surface area (Å²) >= 11 is 1.30. The Morgan fingerprint density at radius 3 is 2.55 bits per heavy atom. The first-order valence-electron chi connectivity index (χ1n) is 8.87. The van der Waals surface area contributed by atoms with Crippen molar-refractivity contribution in [1.29, 1.82) is 0 Å². The number of hydrogen-bond acceptors (Lipinski definition) is 6. The van der Waals surface area contributed by atoms with Gasteiger partial charge in [0.15, 0.2) is 5.06 Å². The van der Waals surface area contributed by atoms with E-state index in [9.17, 15) is 13.2 Å². The highest BCUT2D eigenvalue weighted by Gasteiger charge is 2.15. The van der Waals surface area contributed by atoms with Crippen molar-refractivity contribution in [3.05, 3.63) is 65.5 Å². The molecule has 0 aliphatic heterocycles. The minimum absolute atomic E-state index is 0.0385. The van der Waals surface area contributed by atoms with E-state index in [1.54, 1.807) is 25.3 Å². The monoisotopic (exact) mass is 431 g/mol. The number of carbonyl (C=O) groups is 1. The maximum atomic E-state index is 12.2. The fourth-order valence-electron chi connectivity index (χ4n) is 2.58. The molecule has 3 rings (SSSR count). The predicted molar refractivity (Wildman–Crippen MR) is 113 cm³/mol. The SMILES string of the molecule is COc1cccc(-c2csc(OC(=O)CCNS(=O)(=O)c3ccc(C)cc3)c2)c1. The highest BCUT2D eigenvalue weighted by Crippen LogP contribution is 2.32. The molecule has 1 aromatic heterocycles. The summed E-state index contributed by atoms with van der Waals surface area (Å²) in [7, 11) is -2.05. The largest absolute Gasteiger partial charge is 0.497 e. The minimum atomic E-state index is -3.65. The number of hydrogen-bond donors (Lipinski definition) is 1. The van der Waals surface area contributed by atoms with Crippen molar-refractivity contribution in [2.75, 3.05) is 13.7 Å². The molecule has 0 aliphatic rings. The number of carbonyl (C=O) groups excluding carboxylic acids is 1. The molecule has 0 radical (unpaired) electrons. The third-order valence-corrected chi connectivity index (χ3v) is 6.43. The lowest BCUT2D eigenvalue weighted by atomic mass is 10.1. The molecule has 0 fully saturated rings. The quantitative estimate of drug-likeness (QED) is 0.545. The molecule has 0 aliphatic carbocycles. The average Bonchev–Trinajstić information content (AvgIpc) is 3.16. The molecular weight excluding hydrogens is 410 g/mol. The molecule has 0 bridgehead atoms. The van der Waals surface area contributed by atoms with E-state index in [0.29, 0.717) is 5.06 Å². The summed E-state index contributed by atoms with van der Waals surface area (Å²) < 4.78 is 37.4. The Kier molecular flexibility index (Phi) is 6.68. The van der Waals surface area contributed by atoms with E-state index in [4.69, 9.17) is 9.47 Å². The number of esters is 1. The van der Waals surface area contributed by atoms with E-state index in [2.05, 4.69) is 4.72 Å². The zero-order valence-electron chi connectivity index (χ0n) is 16.0. The Bertz CT molecular complexity index is 1090. The molecule has 152 valence electrons. The van der Waals surface area contributed by atoms with Crippen LogP contribution in [-0.4, -0.2) is 28.0 Å². The van der Waals surface area contributed by atoms with Gasteiger partial charge in [0.05, 0.1) is 18.4 Å². The van der Waals surface area contributed by atoms with Crippen molar-refractivity contribution in [2.24, 2.45) is 0 Å². The Hall–Kier alpha value is -2.68. The first-order valence-corrected chi connectivity index (χ1v) is 11.2. The van der Waals surface area contributed by atoms with E-state index in [-0.39, 0.29) is 17.9 Å². The Morgan fingerprint density at radius 1 is 1.07 bits per heavy atom. The second-order valence-electron chi connectivity index (χ2n) is 6.32. The van der Waals surface area contributed by atoms with Gasteiger partial charge in [-0.05, 0) is 42.3 Å². The number of ether oxygens (including phenoxy) is 2. The van der Waals surface area contributed by atoms with Crippen molar-refractivity contribution in [2.45, 2.75) is 18.2 Å². The number of thiophene rings is 1. The van der Waals surface area contributed by atoms with Crippen LogP contribution in [0.5, 0.6) is 10.8 Å². The van der Waals surface area contributed by atoms with Gasteiger partial charge in [0.1, 0.15) is 5.75 Å². The summed E-state index contributed by atoms with van der Waals surface area (Å²) in [6.45, 7) is 1.84. The molecule has 3 aromatic rings. The van der Waals surface area contributed by atoms with E-state index < -0.39 is 16.0 Å². The van der Waals surface area contributed by atoms with Gasteiger partial charge in [-0.25, -0.2) is 13.1 Å². The van der Waals surface area contributed by atoms with Crippen molar-refractivity contribution in [3.8, 4) is 21.9 Å². The molecule has 29 heavy (non-hydrogen) atoms. The molecule has 0 atom stereocenters. The second-order valence-corrected chi connectivity index (χ2v) is 8.96. The third-order valence-electron chi connectivity index (χ3n) is 4.15. The van der Waals surface area contributed by atoms with Gasteiger partial charge in [-0.15, -0.1) is 11.3 Å². The van der Waals surface area contributed by atoms with Crippen LogP contribution >= 0.6 is 11.3 Å². The minimum Gasteiger partial charge on any atom is -0.497 e. The molecule has 1 heterocycles. The van der Waals surface area contributed by atoms with Crippen LogP contribution in [0.4, 0.5) is 0 Å². The molecule has 1 N–H and O–H groups in total. The molecule has 0 unspecified atom stereocenters. The van der Waals surface area contributed by atoms with E-state index in [0.717, 1.165) is 22.4 Å². The van der Waals surface area contributed by atoms with Gasteiger partial charge in [-0.3, -0.25) is 4.79 Å². The topological polar surface area (TPSA) is 81.7 Å². The second kappa shape index (κ2) is 9.21. The number of nitrogens with one attached hydrogen (secondary N) is 1. The maximum Gasteiger partial charge on any atom is 0.313 e. The summed E-state index contributed by atoms with van der Waals surface area (Å²) in [5, 5.41) is 2.34. The van der Waals surface area contributed by atoms with Gasteiger partial charge >= 0.3 is 5.97 Å². The average molecular weight is 432 g/mol. The highest BCUT2D eigenvalue weighted by atomic mass is 32.2. The molecule has 0 amide bonds. The molecule has 0 spiro atoms. The number of methoxy groups -OCH3 is 1. The predicted octanol–water partition coefficient (Wildman–Crippen LogP) is 4.01. The van der Waals surface area contributed by atoms with Crippen LogP contribution in [0.25, 0.3) is 11.1 Å². The summed E-state index contributed by atoms with van der Waals surface area (Å²) in [6.07, 6.45) is -0.0719. The first-order chi connectivity index (χ1) is 13.9. The van der Waals surface area contributed by atoms with Crippen molar-refractivity contribution in [3.63, 3.8) is 0 Å². The van der Waals surface area contributed by atoms with Gasteiger partial charge in [-0.2, -0.15) is 0 Å². The van der Waals surface area contributed by atoms with Crippen LogP contribution in [-0.2, 0) is 14.8 Å². The lowest BCUT2D eigenvalue weighted by Crippen LogP contribution is -2.27. The van der Waals surface area contributed by atoms with Crippen LogP contribution in [0, 0.1) is 6.92 Å². The van der Waals surface area contributed by atoms with Crippen LogP contribution in [0.1, 0.15) is 12.0 Å². The van der Waals surface area contributed by atoms with Gasteiger partial charge in [0, 0.05) is 18.0 Å². The van der Waals surface area contributed by atoms with E-state index >= 15 is 0 Å². The van der Waals surface area contributed by atoms with Crippen LogP contribution in [0.2, 0.25) is 0 Å². The van der Waals surface area contributed by atoms with Gasteiger partial charge in [0.2, 0.25) is 10.0 Å². The fraction of sp³-hybridized carbons (Fsp3) is 0.190. The molecule has 6 nitrogen and oxygen atoms in total. The van der Waals surface area contributed by atoms with Gasteiger partial charge in [-0.1, -0.05) is 29.8 Å². The first kappa shape index (κ1) is 21.0. The lowest BCUT2D eigenvalue weighted by Gasteiger charge is -2.07. The highest BCUT2D eigenvalue weighted by molar-refractivity contribution is 7.89. The third kappa shape index (κ3) is 5.66. The fourth-order valence-corrected chi connectivity index (χ4v) is 4.39. The zero-order chi connectivity index (χ0) is 20.9. The number of benzene rings is 2. The van der Waals surface area contributed by atoms with Crippen molar-refractivity contribution < 1.29 is 22.7 Å². The Morgan fingerprint density at radius 2 is 1.83 bits per heavy atom. The summed E-state index contributed by atoms with van der Waals surface area (Å²) in [5.41, 5.74) is 2.84. The lowest BCUT2D eigenvalue weighted by molar-refractivity contribution is -0.133. The molecule has 8 heteroatoms. The van der Waals surface area contributed by atoms with E-state index in [1.807, 2.05) is 36.6 Å². The van der Waals surface area contributed by atoms with Crippen molar-refractivity contribution in [1.82, 2.24) is 4.72 Å². The van der Waals surface area contributed by atoms with Gasteiger partial charge < -0.3 is 9.47 Å². The Balaban J connectivity index is 1.53. The number of sulfonamides is 1. The summed E-state index contributed by atoms with van der Waals surface area (Å²) in [6, 6.07) is 15.9. The number of aryl methyl sites for hydroxylation is 1. The maximum absolute atomic E-state index is 12.2. The van der Waals surface area contributed by atoms with Crippen LogP contribution in [0.3, 0.4) is 0 Å². The van der Waals surface area contributed by atoms with E-state index in [1.165, 1.54) is 23.5 Å². The Labute approximate surface area is 174 Å². The standard InChI is InChI=1S/C21H21NO5S2/c1-15-6-8-19(9-7-15)29(24,25)22-11-10-20(23)27-21-13-17(14-28-21)16-4-3-5-18(12-16)26-2/h3-9,12-14,22H,10-11H2,1-2H3. The normalized spacial score (nSPS) is 11.2. The molecule has 0 saturated carbocycles. The van der Waals surface area contributed by atoms with Crippen LogP contribution < -0.4 is 14.2 Å². The van der Waals surface area contributed by atoms with Crippen LogP contribution in [0.15, 0.2) is 64.9 Å². The summed E-state index contributed by atoms with van der Waals surface area (Å²) in [4.78, 5) is 12.2. The zero-order valence-corrected chi connectivity index (χ0v) is 17.7. The molecule has 2 aromatic carbocycles. The van der Waals surface area contributed by atoms with Gasteiger partial charge in [0.25, 0.3) is 0 Å². The summed E-state index contributed by atoms with van der Waals surface area (Å²) in [5.74, 6) is 0.240.